The fourth-order valence-corrected chi connectivity index (χ4v) is 3.34. The van der Waals surface area contributed by atoms with Crippen molar-refractivity contribution in [2.45, 2.75) is 32.7 Å². The Morgan fingerprint density at radius 2 is 1.74 bits per heavy atom. The zero-order valence-corrected chi connectivity index (χ0v) is 19.8. The number of amides is 2. The van der Waals surface area contributed by atoms with Gasteiger partial charge in [-0.25, -0.2) is 0 Å². The Morgan fingerprint density at radius 1 is 1.03 bits per heavy atom. The molecule has 0 fully saturated rings. The minimum atomic E-state index is -0.129. The van der Waals surface area contributed by atoms with E-state index in [0.717, 1.165) is 13.0 Å². The Balaban J connectivity index is 1.67. The lowest BCUT2D eigenvalue weighted by atomic mass is 10.1. The van der Waals surface area contributed by atoms with E-state index in [2.05, 4.69) is 20.4 Å². The number of hydrogen-bond acceptors (Lipinski definition) is 7. The molecule has 0 aliphatic carbocycles. The topological polar surface area (TPSA) is 112 Å². The van der Waals surface area contributed by atoms with Gasteiger partial charge in [-0.1, -0.05) is 6.92 Å². The first-order valence-corrected chi connectivity index (χ1v) is 11.3. The fraction of sp³-hybridized carbons (Fsp3) is 0.360. The number of rotatable bonds is 11. The van der Waals surface area contributed by atoms with Gasteiger partial charge in [-0.2, -0.15) is 0 Å². The summed E-state index contributed by atoms with van der Waals surface area (Å²) in [6.45, 7) is 3.57. The molecule has 0 radical (unpaired) electrons. The van der Waals surface area contributed by atoms with Crippen LogP contribution >= 0.6 is 0 Å². The summed E-state index contributed by atoms with van der Waals surface area (Å²) in [6, 6.07) is 13.3. The maximum absolute atomic E-state index is 12.7. The van der Waals surface area contributed by atoms with Gasteiger partial charge in [0.15, 0.2) is 0 Å². The van der Waals surface area contributed by atoms with Gasteiger partial charge in [0.05, 0.1) is 0 Å². The van der Waals surface area contributed by atoms with Crippen molar-refractivity contribution in [2.75, 3.05) is 32.1 Å². The van der Waals surface area contributed by atoms with Crippen molar-refractivity contribution in [3.63, 3.8) is 0 Å². The Hall–Kier alpha value is -3.72. The van der Waals surface area contributed by atoms with Crippen molar-refractivity contribution in [1.82, 2.24) is 20.4 Å². The molecule has 2 amide bonds. The van der Waals surface area contributed by atoms with E-state index in [-0.39, 0.29) is 30.0 Å². The summed E-state index contributed by atoms with van der Waals surface area (Å²) in [4.78, 5) is 28.6. The molecule has 0 bridgehead atoms. The predicted molar refractivity (Wildman–Crippen MR) is 129 cm³/mol. The number of anilines is 1. The Morgan fingerprint density at radius 3 is 2.38 bits per heavy atom. The van der Waals surface area contributed by atoms with E-state index in [9.17, 15) is 14.7 Å². The predicted octanol–water partition coefficient (Wildman–Crippen LogP) is 3.46. The molecule has 0 atom stereocenters. The number of carbonyl (C=O) groups excluding carboxylic acids is 2. The van der Waals surface area contributed by atoms with Crippen LogP contribution in [0.4, 0.5) is 5.69 Å². The van der Waals surface area contributed by atoms with E-state index < -0.39 is 0 Å². The van der Waals surface area contributed by atoms with Crippen LogP contribution in [-0.4, -0.2) is 59.2 Å². The first kappa shape index (κ1) is 24.9. The molecule has 2 aromatic carbocycles. The van der Waals surface area contributed by atoms with E-state index >= 15 is 0 Å². The maximum atomic E-state index is 12.7. The van der Waals surface area contributed by atoms with Gasteiger partial charge in [0.2, 0.25) is 17.7 Å². The van der Waals surface area contributed by atoms with E-state index in [1.165, 1.54) is 12.1 Å². The minimum absolute atomic E-state index is 0.0751. The van der Waals surface area contributed by atoms with Gasteiger partial charge in [-0.05, 0) is 82.0 Å². The molecule has 3 aromatic rings. The number of aromatic hydroxyl groups is 1. The lowest BCUT2D eigenvalue weighted by molar-refractivity contribution is -0.118. The highest BCUT2D eigenvalue weighted by atomic mass is 16.4. The van der Waals surface area contributed by atoms with Gasteiger partial charge >= 0.3 is 0 Å². The number of benzene rings is 2. The van der Waals surface area contributed by atoms with Gasteiger partial charge in [0, 0.05) is 29.8 Å². The summed E-state index contributed by atoms with van der Waals surface area (Å²) >= 11 is 0. The van der Waals surface area contributed by atoms with Crippen LogP contribution in [0.25, 0.3) is 11.5 Å². The summed E-state index contributed by atoms with van der Waals surface area (Å²) in [6.07, 6.45) is 1.96. The maximum Gasteiger partial charge on any atom is 0.251 e. The zero-order chi connectivity index (χ0) is 24.5. The van der Waals surface area contributed by atoms with Crippen LogP contribution in [-0.2, 0) is 11.3 Å². The fourth-order valence-electron chi connectivity index (χ4n) is 3.34. The van der Waals surface area contributed by atoms with Crippen LogP contribution in [0, 0.1) is 0 Å². The Labute approximate surface area is 199 Å². The minimum Gasteiger partial charge on any atom is -0.508 e. The third kappa shape index (κ3) is 6.89. The molecule has 0 saturated heterocycles. The van der Waals surface area contributed by atoms with Gasteiger partial charge < -0.3 is 24.6 Å². The van der Waals surface area contributed by atoms with Crippen LogP contribution in [0.5, 0.6) is 5.75 Å². The van der Waals surface area contributed by atoms with E-state index in [4.69, 9.17) is 4.42 Å². The zero-order valence-electron chi connectivity index (χ0n) is 19.8. The second-order valence-electron chi connectivity index (χ2n) is 8.24. The molecule has 0 spiro atoms. The average Bonchev–Trinajstić information content (AvgIpc) is 3.30. The molecule has 9 heteroatoms. The monoisotopic (exact) mass is 465 g/mol. The number of phenols is 1. The molecule has 0 unspecified atom stereocenters. The van der Waals surface area contributed by atoms with Crippen LogP contribution in [0.3, 0.4) is 0 Å². The lowest BCUT2D eigenvalue weighted by Crippen LogP contribution is -2.30. The second-order valence-corrected chi connectivity index (χ2v) is 8.24. The van der Waals surface area contributed by atoms with Crippen LogP contribution in [0.15, 0.2) is 52.9 Å². The van der Waals surface area contributed by atoms with Crippen LogP contribution in [0.1, 0.15) is 42.4 Å². The third-order valence-corrected chi connectivity index (χ3v) is 5.15. The van der Waals surface area contributed by atoms with Gasteiger partial charge in [-0.3, -0.25) is 9.59 Å². The normalized spacial score (nSPS) is 10.9. The molecule has 0 aliphatic heterocycles. The number of nitrogens with one attached hydrogen (secondary N) is 1. The molecule has 1 heterocycles. The number of hydrogen-bond donors (Lipinski definition) is 2. The Bertz CT molecular complexity index is 1080. The van der Waals surface area contributed by atoms with Gasteiger partial charge in [0.1, 0.15) is 12.3 Å². The summed E-state index contributed by atoms with van der Waals surface area (Å²) in [5.74, 6) is 0.513. The third-order valence-electron chi connectivity index (χ3n) is 5.15. The van der Waals surface area contributed by atoms with E-state index in [1.54, 1.807) is 41.3 Å². The van der Waals surface area contributed by atoms with E-state index in [1.807, 2.05) is 21.0 Å². The Kier molecular flexibility index (Phi) is 8.75. The van der Waals surface area contributed by atoms with Crippen LogP contribution < -0.4 is 10.2 Å². The summed E-state index contributed by atoms with van der Waals surface area (Å²) in [7, 11) is 3.99. The number of phenolic OH excluding ortho intramolecular Hbond substituents is 1. The molecular weight excluding hydrogens is 434 g/mol. The number of aromatic nitrogens is 2. The average molecular weight is 466 g/mol. The van der Waals surface area contributed by atoms with Crippen LogP contribution in [0.2, 0.25) is 0 Å². The van der Waals surface area contributed by atoms with Crippen molar-refractivity contribution in [3.05, 3.63) is 60.0 Å². The van der Waals surface area contributed by atoms with Gasteiger partial charge in [-0.15, -0.1) is 10.2 Å². The molecule has 0 aliphatic rings. The highest BCUT2D eigenvalue weighted by Gasteiger charge is 2.19. The summed E-state index contributed by atoms with van der Waals surface area (Å²) in [5.41, 5.74) is 1.87. The molecule has 1 aromatic heterocycles. The highest BCUT2D eigenvalue weighted by molar-refractivity contribution is 5.94. The summed E-state index contributed by atoms with van der Waals surface area (Å²) in [5, 5.41) is 20.7. The van der Waals surface area contributed by atoms with E-state index in [0.29, 0.717) is 42.1 Å². The number of nitrogens with zero attached hydrogens (tertiary/aromatic N) is 4. The standard InChI is InChI=1S/C25H31N5O4/c1-4-6-23(32)30(20-11-13-21(31)14-12-20)17-22-27-28-25(34-22)19-9-7-18(8-10-19)24(33)26-15-5-16-29(2)3/h7-14,31H,4-6,15-17H2,1-3H3,(H,26,33). The first-order chi connectivity index (χ1) is 16.4. The lowest BCUT2D eigenvalue weighted by Gasteiger charge is -2.21. The molecule has 0 saturated carbocycles. The smallest absolute Gasteiger partial charge is 0.251 e. The quantitative estimate of drug-likeness (QED) is 0.417. The van der Waals surface area contributed by atoms with Gasteiger partial charge in [0.25, 0.3) is 5.91 Å². The van der Waals surface area contributed by atoms with Crippen molar-refractivity contribution in [3.8, 4) is 17.2 Å². The molecule has 34 heavy (non-hydrogen) atoms. The molecule has 3 rings (SSSR count). The van der Waals surface area contributed by atoms with Crippen molar-refractivity contribution in [2.24, 2.45) is 0 Å². The van der Waals surface area contributed by atoms with Crippen molar-refractivity contribution >= 4 is 17.5 Å². The SMILES string of the molecule is CCCC(=O)N(Cc1nnc(-c2ccc(C(=O)NCCCN(C)C)cc2)o1)c1ccc(O)cc1. The molecule has 9 nitrogen and oxygen atoms in total. The molecule has 2 N–H and O–H groups in total. The van der Waals surface area contributed by atoms with Crippen molar-refractivity contribution < 1.29 is 19.1 Å². The van der Waals surface area contributed by atoms with Crippen molar-refractivity contribution in [1.29, 1.82) is 0 Å². The summed E-state index contributed by atoms with van der Waals surface area (Å²) < 4.78 is 5.81. The largest absolute Gasteiger partial charge is 0.508 e. The molecular formula is C25H31N5O4. The number of carbonyl (C=O) groups is 2. The second kappa shape index (κ2) is 11.9. The first-order valence-electron chi connectivity index (χ1n) is 11.3. The highest BCUT2D eigenvalue weighted by Crippen LogP contribution is 2.24. The molecule has 180 valence electrons.